The highest BCUT2D eigenvalue weighted by molar-refractivity contribution is 5.92. The minimum absolute atomic E-state index is 0.168. The molecule has 2 aromatic carbocycles. The fourth-order valence-corrected chi connectivity index (χ4v) is 2.96. The molecule has 0 aromatic heterocycles. The first-order chi connectivity index (χ1) is 9.87. The van der Waals surface area contributed by atoms with Crippen LogP contribution in [0.2, 0.25) is 0 Å². The van der Waals surface area contributed by atoms with Crippen molar-refractivity contribution in [2.75, 3.05) is 0 Å². The van der Waals surface area contributed by atoms with E-state index in [1.807, 2.05) is 25.1 Å². The molecule has 0 radical (unpaired) electrons. The van der Waals surface area contributed by atoms with Gasteiger partial charge in [-0.3, -0.25) is 0 Å². The van der Waals surface area contributed by atoms with Crippen LogP contribution in [-0.4, -0.2) is 16.7 Å². The minimum Gasteiger partial charge on any atom is -0.487 e. The molecule has 3 heteroatoms. The van der Waals surface area contributed by atoms with Crippen molar-refractivity contribution in [3.63, 3.8) is 0 Å². The van der Waals surface area contributed by atoms with E-state index >= 15 is 0 Å². The molecule has 1 N–H and O–H groups in total. The van der Waals surface area contributed by atoms with Crippen molar-refractivity contribution in [1.29, 1.82) is 0 Å². The summed E-state index contributed by atoms with van der Waals surface area (Å²) in [6, 6.07) is 11.5. The lowest BCUT2D eigenvalue weighted by Crippen LogP contribution is -2.24. The molecule has 108 valence electrons. The normalized spacial score (nSPS) is 15.4. The average molecular weight is 282 g/mol. The van der Waals surface area contributed by atoms with Gasteiger partial charge in [-0.05, 0) is 61.2 Å². The molecular weight excluding hydrogens is 264 g/mol. The van der Waals surface area contributed by atoms with Crippen LogP contribution >= 0.6 is 0 Å². The van der Waals surface area contributed by atoms with E-state index in [9.17, 15) is 9.90 Å². The van der Waals surface area contributed by atoms with Crippen molar-refractivity contribution in [2.24, 2.45) is 0 Å². The second kappa shape index (κ2) is 4.62. The van der Waals surface area contributed by atoms with Crippen molar-refractivity contribution in [2.45, 2.75) is 32.8 Å². The van der Waals surface area contributed by atoms with E-state index in [4.69, 9.17) is 4.74 Å². The molecule has 0 saturated heterocycles. The Morgan fingerprint density at radius 3 is 2.71 bits per heavy atom. The third-order valence-corrected chi connectivity index (χ3v) is 3.94. The molecule has 0 bridgehead atoms. The Bertz CT molecular complexity index is 729. The van der Waals surface area contributed by atoms with Gasteiger partial charge in [0.15, 0.2) is 0 Å². The molecule has 0 fully saturated rings. The second-order valence-corrected chi connectivity index (χ2v) is 6.14. The Morgan fingerprint density at radius 1 is 1.24 bits per heavy atom. The maximum Gasteiger partial charge on any atom is 0.335 e. The summed E-state index contributed by atoms with van der Waals surface area (Å²) in [6.07, 6.45) is 0.869. The van der Waals surface area contributed by atoms with Crippen LogP contribution in [0.3, 0.4) is 0 Å². The zero-order valence-electron chi connectivity index (χ0n) is 12.4. The van der Waals surface area contributed by atoms with Crippen LogP contribution in [0.5, 0.6) is 5.75 Å². The number of carboxylic acid groups (broad SMARTS) is 1. The van der Waals surface area contributed by atoms with Gasteiger partial charge in [-0.2, -0.15) is 0 Å². The lowest BCUT2D eigenvalue weighted by Gasteiger charge is -2.16. The number of hydrogen-bond donors (Lipinski definition) is 1. The molecule has 3 rings (SSSR count). The largest absolute Gasteiger partial charge is 0.487 e. The van der Waals surface area contributed by atoms with Gasteiger partial charge in [-0.25, -0.2) is 4.79 Å². The second-order valence-electron chi connectivity index (χ2n) is 6.14. The molecule has 21 heavy (non-hydrogen) atoms. The number of hydrogen-bond acceptors (Lipinski definition) is 2. The number of carbonyl (C=O) groups is 1. The molecule has 3 nitrogen and oxygen atoms in total. The fraction of sp³-hybridized carbons (Fsp3) is 0.278. The van der Waals surface area contributed by atoms with Crippen LogP contribution in [0, 0.1) is 6.92 Å². The molecule has 0 saturated carbocycles. The van der Waals surface area contributed by atoms with Crippen LogP contribution in [-0.2, 0) is 6.42 Å². The first-order valence-corrected chi connectivity index (χ1v) is 7.03. The summed E-state index contributed by atoms with van der Waals surface area (Å²) in [5.41, 5.74) is 4.15. The topological polar surface area (TPSA) is 46.5 Å². The molecule has 1 aliphatic rings. The Labute approximate surface area is 124 Å². The summed E-state index contributed by atoms with van der Waals surface area (Å²) in [5, 5.41) is 9.24. The summed E-state index contributed by atoms with van der Waals surface area (Å²) in [6.45, 7) is 6.00. The highest BCUT2D eigenvalue weighted by Crippen LogP contribution is 2.38. The number of carboxylic acids is 1. The molecule has 0 amide bonds. The maximum absolute atomic E-state index is 11.3. The first kappa shape index (κ1) is 13.7. The van der Waals surface area contributed by atoms with Crippen molar-refractivity contribution < 1.29 is 14.6 Å². The van der Waals surface area contributed by atoms with Gasteiger partial charge >= 0.3 is 5.97 Å². The summed E-state index contributed by atoms with van der Waals surface area (Å²) in [5.74, 6) is 0.0377. The van der Waals surface area contributed by atoms with Crippen LogP contribution in [0.4, 0.5) is 0 Å². The van der Waals surface area contributed by atoms with Gasteiger partial charge in [-0.15, -0.1) is 0 Å². The van der Waals surface area contributed by atoms with E-state index in [2.05, 4.69) is 19.9 Å². The smallest absolute Gasteiger partial charge is 0.335 e. The standard InChI is InChI=1S/C18H18O3/c1-11-14(5-4-6-15(11)17(19)20)12-7-8-16-13(9-12)10-18(2,3)21-16/h4-9H,10H2,1-3H3,(H,19,20). The monoisotopic (exact) mass is 282 g/mol. The third kappa shape index (κ3) is 2.40. The van der Waals surface area contributed by atoms with Gasteiger partial charge in [0.1, 0.15) is 11.4 Å². The third-order valence-electron chi connectivity index (χ3n) is 3.94. The zero-order valence-corrected chi connectivity index (χ0v) is 12.4. The summed E-state index contributed by atoms with van der Waals surface area (Å²) < 4.78 is 5.88. The van der Waals surface area contributed by atoms with Gasteiger partial charge in [0.2, 0.25) is 0 Å². The number of benzene rings is 2. The number of ether oxygens (including phenoxy) is 1. The summed E-state index contributed by atoms with van der Waals surface area (Å²) in [7, 11) is 0. The zero-order chi connectivity index (χ0) is 15.2. The van der Waals surface area contributed by atoms with Crippen molar-refractivity contribution in [3.8, 4) is 16.9 Å². The molecule has 1 aliphatic heterocycles. The predicted octanol–water partition coefficient (Wildman–Crippen LogP) is 4.07. The highest BCUT2D eigenvalue weighted by Gasteiger charge is 2.30. The Morgan fingerprint density at radius 2 is 2.00 bits per heavy atom. The van der Waals surface area contributed by atoms with Crippen molar-refractivity contribution >= 4 is 5.97 Å². The number of aromatic carboxylic acids is 1. The van der Waals surface area contributed by atoms with Crippen LogP contribution in [0.1, 0.15) is 35.3 Å². The Kier molecular flexibility index (Phi) is 3.01. The number of rotatable bonds is 2. The van der Waals surface area contributed by atoms with E-state index in [1.165, 1.54) is 5.56 Å². The van der Waals surface area contributed by atoms with E-state index < -0.39 is 5.97 Å². The van der Waals surface area contributed by atoms with E-state index in [1.54, 1.807) is 12.1 Å². The van der Waals surface area contributed by atoms with E-state index in [0.29, 0.717) is 5.56 Å². The first-order valence-electron chi connectivity index (χ1n) is 7.03. The van der Waals surface area contributed by atoms with Crippen LogP contribution in [0.25, 0.3) is 11.1 Å². The minimum atomic E-state index is -0.889. The number of fused-ring (bicyclic) bond motifs is 1. The van der Waals surface area contributed by atoms with Crippen LogP contribution < -0.4 is 4.74 Å². The lowest BCUT2D eigenvalue weighted by molar-refractivity contribution is 0.0696. The van der Waals surface area contributed by atoms with Crippen LogP contribution in [0.15, 0.2) is 36.4 Å². The molecule has 1 heterocycles. The van der Waals surface area contributed by atoms with Gasteiger partial charge < -0.3 is 9.84 Å². The van der Waals surface area contributed by atoms with Crippen molar-refractivity contribution in [3.05, 3.63) is 53.1 Å². The lowest BCUT2D eigenvalue weighted by atomic mass is 9.93. The maximum atomic E-state index is 11.3. The Balaban J connectivity index is 2.08. The van der Waals surface area contributed by atoms with Gasteiger partial charge in [0.05, 0.1) is 5.56 Å². The summed E-state index contributed by atoms with van der Waals surface area (Å²) >= 11 is 0. The van der Waals surface area contributed by atoms with E-state index in [0.717, 1.165) is 28.9 Å². The summed E-state index contributed by atoms with van der Waals surface area (Å²) in [4.78, 5) is 11.3. The fourth-order valence-electron chi connectivity index (χ4n) is 2.96. The molecule has 2 aromatic rings. The molecule has 0 spiro atoms. The highest BCUT2D eigenvalue weighted by atomic mass is 16.5. The van der Waals surface area contributed by atoms with Gasteiger partial charge in [0.25, 0.3) is 0 Å². The quantitative estimate of drug-likeness (QED) is 0.903. The average Bonchev–Trinajstić information content (AvgIpc) is 2.71. The van der Waals surface area contributed by atoms with Gasteiger partial charge in [-0.1, -0.05) is 18.2 Å². The molecular formula is C18H18O3. The molecule has 0 aliphatic carbocycles. The van der Waals surface area contributed by atoms with E-state index in [-0.39, 0.29) is 5.60 Å². The predicted molar refractivity (Wildman–Crippen MR) is 82.0 cm³/mol. The SMILES string of the molecule is Cc1c(C(=O)O)cccc1-c1ccc2c(c1)CC(C)(C)O2. The molecule has 0 unspecified atom stereocenters. The molecule has 0 atom stereocenters. The van der Waals surface area contributed by atoms with Crippen molar-refractivity contribution in [1.82, 2.24) is 0 Å². The Hall–Kier alpha value is -2.29. The van der Waals surface area contributed by atoms with Gasteiger partial charge in [0, 0.05) is 6.42 Å².